The standard InChI is InChI=1S/C11H23N/c1-4-12-8-7-11(9-12)6-5-10(2)3/h10-11H,4-9H2,1-3H3. The zero-order chi connectivity index (χ0) is 8.97. The van der Waals surface area contributed by atoms with Crippen LogP contribution in [0.15, 0.2) is 0 Å². The van der Waals surface area contributed by atoms with Crippen LogP contribution in [-0.2, 0) is 0 Å². The monoisotopic (exact) mass is 169 g/mol. The van der Waals surface area contributed by atoms with Crippen LogP contribution in [0.25, 0.3) is 0 Å². The Balaban J connectivity index is 2.11. The first-order valence-corrected chi connectivity index (χ1v) is 5.44. The molecule has 0 N–H and O–H groups in total. The minimum absolute atomic E-state index is 0.890. The average Bonchev–Trinajstić information content (AvgIpc) is 2.48. The highest BCUT2D eigenvalue weighted by Crippen LogP contribution is 2.22. The Morgan fingerprint density at radius 1 is 1.42 bits per heavy atom. The molecule has 0 spiro atoms. The summed E-state index contributed by atoms with van der Waals surface area (Å²) >= 11 is 0. The lowest BCUT2D eigenvalue weighted by molar-refractivity contribution is 0.332. The van der Waals surface area contributed by atoms with Gasteiger partial charge >= 0.3 is 0 Å². The molecule has 0 aromatic heterocycles. The Morgan fingerprint density at radius 2 is 2.17 bits per heavy atom. The van der Waals surface area contributed by atoms with Crippen molar-refractivity contribution in [2.75, 3.05) is 19.6 Å². The van der Waals surface area contributed by atoms with Gasteiger partial charge in [0.25, 0.3) is 0 Å². The van der Waals surface area contributed by atoms with E-state index in [1.807, 2.05) is 0 Å². The molecule has 72 valence electrons. The van der Waals surface area contributed by atoms with E-state index in [0.717, 1.165) is 11.8 Å². The lowest BCUT2D eigenvalue weighted by Gasteiger charge is -2.13. The lowest BCUT2D eigenvalue weighted by atomic mass is 9.97. The maximum absolute atomic E-state index is 2.57. The molecule has 1 unspecified atom stereocenters. The highest BCUT2D eigenvalue weighted by Gasteiger charge is 2.20. The van der Waals surface area contributed by atoms with Crippen molar-refractivity contribution < 1.29 is 0 Å². The average molecular weight is 169 g/mol. The van der Waals surface area contributed by atoms with Crippen LogP contribution < -0.4 is 0 Å². The molecule has 1 nitrogen and oxygen atoms in total. The molecule has 0 aliphatic carbocycles. The first-order chi connectivity index (χ1) is 5.72. The van der Waals surface area contributed by atoms with Crippen LogP contribution in [0.1, 0.15) is 40.0 Å². The van der Waals surface area contributed by atoms with Gasteiger partial charge in [0.15, 0.2) is 0 Å². The molecule has 1 heteroatoms. The number of hydrogen-bond donors (Lipinski definition) is 0. The number of likely N-dealkylation sites (tertiary alicyclic amines) is 1. The van der Waals surface area contributed by atoms with Gasteiger partial charge in [0.2, 0.25) is 0 Å². The largest absolute Gasteiger partial charge is 0.303 e. The van der Waals surface area contributed by atoms with Crippen molar-refractivity contribution in [2.45, 2.75) is 40.0 Å². The molecule has 1 rings (SSSR count). The second kappa shape index (κ2) is 4.86. The van der Waals surface area contributed by atoms with Gasteiger partial charge in [-0.15, -0.1) is 0 Å². The third-order valence-electron chi connectivity index (χ3n) is 2.97. The minimum atomic E-state index is 0.890. The van der Waals surface area contributed by atoms with Crippen molar-refractivity contribution in [1.82, 2.24) is 4.90 Å². The van der Waals surface area contributed by atoms with Crippen molar-refractivity contribution >= 4 is 0 Å². The fourth-order valence-corrected chi connectivity index (χ4v) is 2.00. The van der Waals surface area contributed by atoms with Gasteiger partial charge in [0.05, 0.1) is 0 Å². The summed E-state index contributed by atoms with van der Waals surface area (Å²) in [5, 5.41) is 0. The van der Waals surface area contributed by atoms with Gasteiger partial charge in [-0.2, -0.15) is 0 Å². The molecule has 1 saturated heterocycles. The Kier molecular flexibility index (Phi) is 4.07. The highest BCUT2D eigenvalue weighted by atomic mass is 15.1. The molecule has 0 bridgehead atoms. The van der Waals surface area contributed by atoms with Crippen molar-refractivity contribution in [2.24, 2.45) is 11.8 Å². The Bertz CT molecular complexity index is 120. The van der Waals surface area contributed by atoms with Crippen molar-refractivity contribution in [3.63, 3.8) is 0 Å². The van der Waals surface area contributed by atoms with E-state index in [2.05, 4.69) is 25.7 Å². The summed E-state index contributed by atoms with van der Waals surface area (Å²) in [5.41, 5.74) is 0. The van der Waals surface area contributed by atoms with E-state index >= 15 is 0 Å². The summed E-state index contributed by atoms with van der Waals surface area (Å²) in [6, 6.07) is 0. The molecular weight excluding hydrogens is 146 g/mol. The minimum Gasteiger partial charge on any atom is -0.303 e. The molecule has 1 fully saturated rings. The zero-order valence-electron chi connectivity index (χ0n) is 8.84. The van der Waals surface area contributed by atoms with Crippen molar-refractivity contribution in [3.05, 3.63) is 0 Å². The van der Waals surface area contributed by atoms with Gasteiger partial charge in [0.1, 0.15) is 0 Å². The fourth-order valence-electron chi connectivity index (χ4n) is 2.00. The van der Waals surface area contributed by atoms with Crippen molar-refractivity contribution in [1.29, 1.82) is 0 Å². The predicted molar refractivity (Wildman–Crippen MR) is 54.3 cm³/mol. The van der Waals surface area contributed by atoms with E-state index in [1.54, 1.807) is 0 Å². The third kappa shape index (κ3) is 3.14. The summed E-state index contributed by atoms with van der Waals surface area (Å²) in [6.45, 7) is 10.9. The SMILES string of the molecule is CCN1CCC(CCC(C)C)C1. The van der Waals surface area contributed by atoms with Crippen LogP contribution in [0.4, 0.5) is 0 Å². The maximum atomic E-state index is 2.57. The summed E-state index contributed by atoms with van der Waals surface area (Å²) in [4.78, 5) is 2.57. The van der Waals surface area contributed by atoms with Gasteiger partial charge < -0.3 is 4.90 Å². The fraction of sp³-hybridized carbons (Fsp3) is 1.00. The van der Waals surface area contributed by atoms with Gasteiger partial charge in [-0.25, -0.2) is 0 Å². The summed E-state index contributed by atoms with van der Waals surface area (Å²) < 4.78 is 0. The Hall–Kier alpha value is -0.0400. The van der Waals surface area contributed by atoms with Gasteiger partial charge in [-0.05, 0) is 37.8 Å². The molecule has 1 heterocycles. The predicted octanol–water partition coefficient (Wildman–Crippen LogP) is 2.76. The van der Waals surface area contributed by atoms with Crippen LogP contribution in [0.2, 0.25) is 0 Å². The first kappa shape index (κ1) is 10.0. The third-order valence-corrected chi connectivity index (χ3v) is 2.97. The number of nitrogens with zero attached hydrogens (tertiary/aromatic N) is 1. The molecule has 0 radical (unpaired) electrons. The maximum Gasteiger partial charge on any atom is 0.00100 e. The smallest absolute Gasteiger partial charge is 0.00100 e. The van der Waals surface area contributed by atoms with Crippen LogP contribution in [-0.4, -0.2) is 24.5 Å². The Morgan fingerprint density at radius 3 is 2.67 bits per heavy atom. The van der Waals surface area contributed by atoms with E-state index in [-0.39, 0.29) is 0 Å². The van der Waals surface area contributed by atoms with Crippen LogP contribution in [0.5, 0.6) is 0 Å². The normalized spacial score (nSPS) is 25.5. The van der Waals surface area contributed by atoms with E-state index in [4.69, 9.17) is 0 Å². The Labute approximate surface area is 77.1 Å². The molecule has 0 saturated carbocycles. The second-order valence-electron chi connectivity index (χ2n) is 4.52. The quantitative estimate of drug-likeness (QED) is 0.625. The number of rotatable bonds is 4. The first-order valence-electron chi connectivity index (χ1n) is 5.44. The summed E-state index contributed by atoms with van der Waals surface area (Å²) in [7, 11) is 0. The molecule has 12 heavy (non-hydrogen) atoms. The molecule has 1 aliphatic rings. The molecule has 0 amide bonds. The zero-order valence-corrected chi connectivity index (χ0v) is 8.84. The number of hydrogen-bond acceptors (Lipinski definition) is 1. The highest BCUT2D eigenvalue weighted by molar-refractivity contribution is 4.74. The molecular formula is C11H23N. The van der Waals surface area contributed by atoms with E-state index in [9.17, 15) is 0 Å². The molecule has 0 aromatic rings. The van der Waals surface area contributed by atoms with Crippen LogP contribution in [0.3, 0.4) is 0 Å². The summed E-state index contributed by atoms with van der Waals surface area (Å²) in [6.07, 6.45) is 4.32. The lowest BCUT2D eigenvalue weighted by Crippen LogP contribution is -2.19. The molecule has 1 atom stereocenters. The van der Waals surface area contributed by atoms with Gasteiger partial charge in [-0.1, -0.05) is 27.2 Å². The summed E-state index contributed by atoms with van der Waals surface area (Å²) in [5.74, 6) is 1.90. The second-order valence-corrected chi connectivity index (χ2v) is 4.52. The molecule has 0 aromatic carbocycles. The van der Waals surface area contributed by atoms with Gasteiger partial charge in [0, 0.05) is 6.54 Å². The van der Waals surface area contributed by atoms with Crippen LogP contribution >= 0.6 is 0 Å². The van der Waals surface area contributed by atoms with Crippen molar-refractivity contribution in [3.8, 4) is 0 Å². The van der Waals surface area contributed by atoms with E-state index < -0.39 is 0 Å². The molecule has 1 aliphatic heterocycles. The van der Waals surface area contributed by atoms with E-state index in [0.29, 0.717) is 0 Å². The van der Waals surface area contributed by atoms with E-state index in [1.165, 1.54) is 38.9 Å². The van der Waals surface area contributed by atoms with Crippen LogP contribution in [0, 0.1) is 11.8 Å². The van der Waals surface area contributed by atoms with Gasteiger partial charge in [-0.3, -0.25) is 0 Å². The topological polar surface area (TPSA) is 3.24 Å².